The number of aliphatic carboxylic acids is 1. The predicted octanol–water partition coefficient (Wildman–Crippen LogP) is 6.76. The number of unbranched alkanes of at least 4 members (excludes halogenated alkanes) is 15. The zero-order chi connectivity index (χ0) is 25.4. The van der Waals surface area contributed by atoms with Crippen LogP contribution in [-0.4, -0.2) is 35.5 Å². The first-order valence-corrected chi connectivity index (χ1v) is 14.2. The number of hydrogen-bond donors (Lipinski definition) is 3. The molecule has 0 spiro atoms. The van der Waals surface area contributed by atoms with Crippen LogP contribution in [0.1, 0.15) is 143 Å². The molecule has 0 aliphatic rings. The summed E-state index contributed by atoms with van der Waals surface area (Å²) in [4.78, 5) is 35.1. The van der Waals surface area contributed by atoms with Crippen LogP contribution in [0.25, 0.3) is 0 Å². The molecule has 6 nitrogen and oxygen atoms in total. The van der Waals surface area contributed by atoms with E-state index in [9.17, 15) is 14.4 Å². The molecular formula is C28H54N2O4. The van der Waals surface area contributed by atoms with Gasteiger partial charge in [0.05, 0.1) is 6.42 Å². The minimum atomic E-state index is -1.01. The summed E-state index contributed by atoms with van der Waals surface area (Å²) >= 11 is 0. The standard InChI is InChI=1S/C28H54N2O4/c1-4-6-7-8-9-10-11-12-13-14-15-16-17-18-19-20-23-29-28(34)27(24(3)5-2)30-25(31)21-22-26(32)33/h24,27H,4-23H2,1-3H3,(H,29,34)(H,30,31)(H,32,33)/t24-,27-/m0/s1. The molecule has 0 aliphatic carbocycles. The number of carboxylic acids is 1. The molecule has 0 rings (SSSR count). The number of carboxylic acid groups (broad SMARTS) is 1. The van der Waals surface area contributed by atoms with E-state index in [0.717, 1.165) is 19.3 Å². The number of carbonyl (C=O) groups excluding carboxylic acids is 2. The van der Waals surface area contributed by atoms with Crippen LogP contribution >= 0.6 is 0 Å². The lowest BCUT2D eigenvalue weighted by atomic mass is 9.98. The summed E-state index contributed by atoms with van der Waals surface area (Å²) in [6.07, 6.45) is 21.5. The normalized spacial score (nSPS) is 12.8. The van der Waals surface area contributed by atoms with Gasteiger partial charge in [-0.2, -0.15) is 0 Å². The highest BCUT2D eigenvalue weighted by atomic mass is 16.4. The van der Waals surface area contributed by atoms with E-state index < -0.39 is 12.0 Å². The molecule has 0 aromatic heterocycles. The SMILES string of the molecule is CCCCCCCCCCCCCCCCCCNC(=O)[C@@H](NC(=O)CCC(=O)O)[C@@H](C)CC. The van der Waals surface area contributed by atoms with Crippen molar-refractivity contribution in [1.29, 1.82) is 0 Å². The van der Waals surface area contributed by atoms with Gasteiger partial charge in [-0.1, -0.05) is 124 Å². The van der Waals surface area contributed by atoms with Crippen molar-refractivity contribution in [3.63, 3.8) is 0 Å². The number of nitrogens with one attached hydrogen (secondary N) is 2. The first-order valence-electron chi connectivity index (χ1n) is 14.2. The van der Waals surface area contributed by atoms with Crippen LogP contribution in [0.5, 0.6) is 0 Å². The molecule has 200 valence electrons. The summed E-state index contributed by atoms with van der Waals surface area (Å²) in [5.74, 6) is -1.56. The summed E-state index contributed by atoms with van der Waals surface area (Å²) in [6, 6.07) is -0.604. The Bertz CT molecular complexity index is 525. The Balaban J connectivity index is 3.69. The van der Waals surface area contributed by atoms with Gasteiger partial charge in [0.15, 0.2) is 0 Å². The van der Waals surface area contributed by atoms with Crippen LogP contribution in [-0.2, 0) is 14.4 Å². The minimum absolute atomic E-state index is 0.000395. The average molecular weight is 483 g/mol. The number of amides is 2. The fraction of sp³-hybridized carbons (Fsp3) is 0.893. The fourth-order valence-corrected chi connectivity index (χ4v) is 4.16. The molecule has 0 fully saturated rings. The van der Waals surface area contributed by atoms with Crippen LogP contribution in [0.3, 0.4) is 0 Å². The van der Waals surface area contributed by atoms with Gasteiger partial charge < -0.3 is 15.7 Å². The van der Waals surface area contributed by atoms with Gasteiger partial charge >= 0.3 is 5.97 Å². The molecular weight excluding hydrogens is 428 g/mol. The van der Waals surface area contributed by atoms with Crippen molar-refractivity contribution in [2.45, 2.75) is 149 Å². The van der Waals surface area contributed by atoms with Crippen molar-refractivity contribution >= 4 is 17.8 Å². The zero-order valence-corrected chi connectivity index (χ0v) is 22.5. The van der Waals surface area contributed by atoms with Crippen molar-refractivity contribution in [2.75, 3.05) is 6.54 Å². The molecule has 0 unspecified atom stereocenters. The second-order valence-corrected chi connectivity index (χ2v) is 9.92. The number of carbonyl (C=O) groups is 3. The quantitative estimate of drug-likeness (QED) is 0.132. The van der Waals surface area contributed by atoms with Crippen molar-refractivity contribution < 1.29 is 19.5 Å². The van der Waals surface area contributed by atoms with E-state index >= 15 is 0 Å². The molecule has 0 bridgehead atoms. The van der Waals surface area contributed by atoms with Crippen molar-refractivity contribution in [2.24, 2.45) is 5.92 Å². The lowest BCUT2D eigenvalue weighted by Crippen LogP contribution is -2.50. The molecule has 0 aromatic rings. The molecule has 0 aromatic carbocycles. The molecule has 34 heavy (non-hydrogen) atoms. The molecule has 0 radical (unpaired) electrons. The summed E-state index contributed by atoms with van der Waals surface area (Å²) in [6.45, 7) is 6.79. The Kier molecular flexibility index (Phi) is 22.1. The minimum Gasteiger partial charge on any atom is -0.481 e. The number of hydrogen-bond acceptors (Lipinski definition) is 3. The maximum absolute atomic E-state index is 12.5. The van der Waals surface area contributed by atoms with Crippen LogP contribution in [0.4, 0.5) is 0 Å². The Morgan fingerprint density at radius 3 is 1.53 bits per heavy atom. The van der Waals surface area contributed by atoms with Gasteiger partial charge in [-0.15, -0.1) is 0 Å². The third kappa shape index (κ3) is 19.8. The molecule has 0 aliphatic heterocycles. The molecule has 0 saturated heterocycles. The molecule has 0 heterocycles. The van der Waals surface area contributed by atoms with Gasteiger partial charge in [0.25, 0.3) is 0 Å². The average Bonchev–Trinajstić information content (AvgIpc) is 2.82. The zero-order valence-electron chi connectivity index (χ0n) is 22.5. The van der Waals surface area contributed by atoms with E-state index in [2.05, 4.69) is 17.6 Å². The second-order valence-electron chi connectivity index (χ2n) is 9.92. The molecule has 0 saturated carbocycles. The third-order valence-corrected chi connectivity index (χ3v) is 6.71. The Morgan fingerprint density at radius 2 is 1.12 bits per heavy atom. The Hall–Kier alpha value is -1.59. The summed E-state index contributed by atoms with van der Waals surface area (Å²) in [5, 5.41) is 14.4. The summed E-state index contributed by atoms with van der Waals surface area (Å²) in [5.41, 5.74) is 0. The van der Waals surface area contributed by atoms with Gasteiger partial charge in [-0.05, 0) is 12.3 Å². The maximum atomic E-state index is 12.5. The van der Waals surface area contributed by atoms with E-state index in [-0.39, 0.29) is 30.6 Å². The maximum Gasteiger partial charge on any atom is 0.303 e. The van der Waals surface area contributed by atoms with E-state index in [1.807, 2.05) is 13.8 Å². The monoisotopic (exact) mass is 482 g/mol. The Labute approximate surface area is 209 Å². The van der Waals surface area contributed by atoms with Crippen LogP contribution < -0.4 is 10.6 Å². The van der Waals surface area contributed by atoms with Crippen molar-refractivity contribution in [3.8, 4) is 0 Å². The van der Waals surface area contributed by atoms with Gasteiger partial charge in [0.2, 0.25) is 11.8 Å². The van der Waals surface area contributed by atoms with Gasteiger partial charge in [0.1, 0.15) is 6.04 Å². The van der Waals surface area contributed by atoms with Crippen molar-refractivity contribution in [1.82, 2.24) is 10.6 Å². The largest absolute Gasteiger partial charge is 0.481 e. The van der Waals surface area contributed by atoms with Gasteiger partial charge in [0, 0.05) is 13.0 Å². The summed E-state index contributed by atoms with van der Waals surface area (Å²) < 4.78 is 0. The van der Waals surface area contributed by atoms with E-state index in [4.69, 9.17) is 5.11 Å². The molecule has 6 heteroatoms. The highest BCUT2D eigenvalue weighted by Crippen LogP contribution is 2.14. The van der Waals surface area contributed by atoms with Gasteiger partial charge in [-0.25, -0.2) is 0 Å². The lowest BCUT2D eigenvalue weighted by Gasteiger charge is -2.23. The molecule has 2 amide bonds. The highest BCUT2D eigenvalue weighted by Gasteiger charge is 2.25. The Morgan fingerprint density at radius 1 is 0.676 bits per heavy atom. The topological polar surface area (TPSA) is 95.5 Å². The lowest BCUT2D eigenvalue weighted by molar-refractivity contribution is -0.139. The molecule has 3 N–H and O–H groups in total. The van der Waals surface area contributed by atoms with Crippen LogP contribution in [0.15, 0.2) is 0 Å². The van der Waals surface area contributed by atoms with E-state index in [1.165, 1.54) is 89.9 Å². The third-order valence-electron chi connectivity index (χ3n) is 6.71. The first-order chi connectivity index (χ1) is 16.4. The highest BCUT2D eigenvalue weighted by molar-refractivity contribution is 5.88. The predicted molar refractivity (Wildman–Crippen MR) is 141 cm³/mol. The van der Waals surface area contributed by atoms with E-state index in [1.54, 1.807) is 0 Å². The van der Waals surface area contributed by atoms with Crippen molar-refractivity contribution in [3.05, 3.63) is 0 Å². The number of rotatable bonds is 24. The van der Waals surface area contributed by atoms with E-state index in [0.29, 0.717) is 6.54 Å². The molecule has 2 atom stereocenters. The first kappa shape index (κ1) is 32.4. The second kappa shape index (κ2) is 23.2. The van der Waals surface area contributed by atoms with Crippen LogP contribution in [0, 0.1) is 5.92 Å². The fourth-order valence-electron chi connectivity index (χ4n) is 4.16. The summed E-state index contributed by atoms with van der Waals surface area (Å²) in [7, 11) is 0. The van der Waals surface area contributed by atoms with Crippen LogP contribution in [0.2, 0.25) is 0 Å². The van der Waals surface area contributed by atoms with Gasteiger partial charge in [-0.3, -0.25) is 14.4 Å². The smallest absolute Gasteiger partial charge is 0.303 e.